The molecule has 0 saturated heterocycles. The van der Waals surface area contributed by atoms with Crippen LogP contribution in [0.4, 0.5) is 20.6 Å². The lowest BCUT2D eigenvalue weighted by Gasteiger charge is -2.38. The van der Waals surface area contributed by atoms with Gasteiger partial charge in [-0.25, -0.2) is 9.18 Å². The fourth-order valence-corrected chi connectivity index (χ4v) is 4.64. The third-order valence-corrected chi connectivity index (χ3v) is 6.83. The van der Waals surface area contributed by atoms with Crippen LogP contribution in [0.1, 0.15) is 29.8 Å². The number of carbonyl (C=O) groups is 2. The van der Waals surface area contributed by atoms with Crippen LogP contribution in [-0.2, 0) is 6.54 Å². The number of para-hydroxylation sites is 1. The number of rotatable bonds is 8. The third kappa shape index (κ3) is 7.13. The molecule has 0 aromatic heterocycles. The Hall–Kier alpha value is -3.95. The highest BCUT2D eigenvalue weighted by atomic mass is 19.1. The van der Waals surface area contributed by atoms with E-state index in [4.69, 9.17) is 4.74 Å². The van der Waals surface area contributed by atoms with Crippen molar-refractivity contribution in [3.63, 3.8) is 0 Å². The summed E-state index contributed by atoms with van der Waals surface area (Å²) in [7, 11) is 2.02. The van der Waals surface area contributed by atoms with Gasteiger partial charge in [0.05, 0.1) is 23.9 Å². The molecule has 1 heterocycles. The second kappa shape index (κ2) is 12.7. The maximum absolute atomic E-state index is 13.6. The minimum absolute atomic E-state index is 0.0737. The monoisotopic (exact) mass is 534 g/mol. The Labute approximate surface area is 228 Å². The highest BCUT2D eigenvalue weighted by Gasteiger charge is 2.34. The molecule has 8 nitrogen and oxygen atoms in total. The molecular formula is C30H35FN4O4. The minimum Gasteiger partial charge on any atom is -0.486 e. The fourth-order valence-electron chi connectivity index (χ4n) is 4.64. The van der Waals surface area contributed by atoms with Crippen molar-refractivity contribution < 1.29 is 23.8 Å². The van der Waals surface area contributed by atoms with Crippen molar-refractivity contribution in [3.8, 4) is 5.75 Å². The summed E-state index contributed by atoms with van der Waals surface area (Å²) >= 11 is 0. The van der Waals surface area contributed by atoms with Gasteiger partial charge in [0, 0.05) is 31.2 Å². The normalized spacial score (nSPS) is 18.0. The molecule has 0 unspecified atom stereocenters. The number of aliphatic hydroxyl groups is 1. The van der Waals surface area contributed by atoms with Crippen LogP contribution in [0.5, 0.6) is 5.75 Å². The van der Waals surface area contributed by atoms with Gasteiger partial charge in [-0.15, -0.1) is 0 Å². The Morgan fingerprint density at radius 2 is 1.82 bits per heavy atom. The number of urea groups is 1. The zero-order valence-corrected chi connectivity index (χ0v) is 22.4. The van der Waals surface area contributed by atoms with E-state index in [0.29, 0.717) is 30.0 Å². The lowest BCUT2D eigenvalue weighted by molar-refractivity contribution is 0.0343. The summed E-state index contributed by atoms with van der Waals surface area (Å²) in [6, 6.07) is 19.6. The molecule has 3 atom stereocenters. The largest absolute Gasteiger partial charge is 0.486 e. The van der Waals surface area contributed by atoms with Crippen molar-refractivity contribution in [2.45, 2.75) is 32.5 Å². The van der Waals surface area contributed by atoms with E-state index in [1.165, 1.54) is 29.8 Å². The van der Waals surface area contributed by atoms with Gasteiger partial charge in [-0.1, -0.05) is 43.3 Å². The summed E-state index contributed by atoms with van der Waals surface area (Å²) in [5, 5.41) is 15.3. The Bertz CT molecular complexity index is 1270. The molecule has 3 aromatic rings. The number of benzene rings is 3. The summed E-state index contributed by atoms with van der Waals surface area (Å²) < 4.78 is 19.8. The van der Waals surface area contributed by atoms with Crippen LogP contribution < -0.4 is 15.4 Å². The number of carbonyl (C=O) groups excluding carboxylic acids is 2. The molecule has 3 aromatic carbocycles. The van der Waals surface area contributed by atoms with E-state index in [9.17, 15) is 19.1 Å². The van der Waals surface area contributed by atoms with Gasteiger partial charge in [0.1, 0.15) is 11.9 Å². The number of hydrogen-bond acceptors (Lipinski definition) is 5. The number of nitrogens with one attached hydrogen (secondary N) is 2. The first-order valence-corrected chi connectivity index (χ1v) is 13.0. The standard InChI is InChI=1S/C30H35FN4O4/c1-20-16-35(21(2)19-36)29(37)25-10-7-11-26(33-30(38)32-24-14-12-23(31)13-15-24)28(25)39-27(20)18-34(3)17-22-8-5-4-6-9-22/h4-15,20-21,27,36H,16-19H2,1-3H3,(H2,32,33,38)/t20-,21-,27+/m1/s1. The van der Waals surface area contributed by atoms with E-state index < -0.39 is 17.9 Å². The van der Waals surface area contributed by atoms with E-state index >= 15 is 0 Å². The van der Waals surface area contributed by atoms with E-state index in [2.05, 4.69) is 27.7 Å². The van der Waals surface area contributed by atoms with E-state index in [-0.39, 0.29) is 30.3 Å². The molecule has 4 rings (SSSR count). The molecule has 0 fully saturated rings. The lowest BCUT2D eigenvalue weighted by Crippen LogP contribution is -2.49. The van der Waals surface area contributed by atoms with Gasteiger partial charge in [-0.3, -0.25) is 9.69 Å². The summed E-state index contributed by atoms with van der Waals surface area (Å²) in [6.07, 6.45) is -0.318. The molecule has 206 valence electrons. The number of amides is 3. The summed E-state index contributed by atoms with van der Waals surface area (Å²) in [5.41, 5.74) is 2.23. The third-order valence-electron chi connectivity index (χ3n) is 6.83. The van der Waals surface area contributed by atoms with Crippen molar-refractivity contribution in [1.29, 1.82) is 0 Å². The van der Waals surface area contributed by atoms with Crippen LogP contribution in [0.2, 0.25) is 0 Å². The van der Waals surface area contributed by atoms with E-state index in [0.717, 1.165) is 6.54 Å². The number of hydrogen-bond donors (Lipinski definition) is 3. The number of halogens is 1. The molecule has 9 heteroatoms. The number of fused-ring (bicyclic) bond motifs is 1. The second-order valence-corrected chi connectivity index (χ2v) is 10.1. The maximum atomic E-state index is 13.6. The molecule has 0 bridgehead atoms. The van der Waals surface area contributed by atoms with Gasteiger partial charge < -0.3 is 25.4 Å². The second-order valence-electron chi connectivity index (χ2n) is 10.1. The first kappa shape index (κ1) is 28.1. The number of ether oxygens (including phenoxy) is 1. The summed E-state index contributed by atoms with van der Waals surface area (Å²) in [4.78, 5) is 30.3. The predicted molar refractivity (Wildman–Crippen MR) is 149 cm³/mol. The number of nitrogens with zero attached hydrogens (tertiary/aromatic N) is 2. The smallest absolute Gasteiger partial charge is 0.323 e. The average molecular weight is 535 g/mol. The first-order valence-electron chi connectivity index (χ1n) is 13.0. The van der Waals surface area contributed by atoms with Crippen LogP contribution in [0.15, 0.2) is 72.8 Å². The molecule has 0 spiro atoms. The highest BCUT2D eigenvalue weighted by molar-refractivity contribution is 6.04. The van der Waals surface area contributed by atoms with Crippen molar-refractivity contribution in [2.75, 3.05) is 37.4 Å². The quantitative estimate of drug-likeness (QED) is 0.385. The van der Waals surface area contributed by atoms with Gasteiger partial charge >= 0.3 is 6.03 Å². The first-order chi connectivity index (χ1) is 18.7. The predicted octanol–water partition coefficient (Wildman–Crippen LogP) is 4.82. The van der Waals surface area contributed by atoms with Crippen LogP contribution >= 0.6 is 0 Å². The Morgan fingerprint density at radius 1 is 1.10 bits per heavy atom. The van der Waals surface area contributed by atoms with Gasteiger partial charge in [-0.05, 0) is 55.9 Å². The summed E-state index contributed by atoms with van der Waals surface area (Å²) in [5.74, 6) is -0.486. The minimum atomic E-state index is -0.556. The van der Waals surface area contributed by atoms with Gasteiger partial charge in [-0.2, -0.15) is 0 Å². The van der Waals surface area contributed by atoms with Gasteiger partial charge in [0.25, 0.3) is 5.91 Å². The van der Waals surface area contributed by atoms with E-state index in [1.54, 1.807) is 23.1 Å². The lowest BCUT2D eigenvalue weighted by atomic mass is 9.99. The zero-order valence-electron chi connectivity index (χ0n) is 22.4. The number of aliphatic hydroxyl groups excluding tert-OH is 1. The molecular weight excluding hydrogens is 499 g/mol. The van der Waals surface area contributed by atoms with Crippen LogP contribution in [-0.4, -0.2) is 65.7 Å². The van der Waals surface area contributed by atoms with Crippen LogP contribution in [0.3, 0.4) is 0 Å². The molecule has 39 heavy (non-hydrogen) atoms. The number of likely N-dealkylation sites (N-methyl/N-ethyl adjacent to an activating group) is 1. The van der Waals surface area contributed by atoms with Crippen molar-refractivity contribution in [1.82, 2.24) is 9.80 Å². The SMILES string of the molecule is C[C@@H]1CN([C@H](C)CO)C(=O)c2cccc(NC(=O)Nc3ccc(F)cc3)c2O[C@H]1CN(C)Cc1ccccc1. The highest BCUT2D eigenvalue weighted by Crippen LogP contribution is 2.35. The van der Waals surface area contributed by atoms with Crippen molar-refractivity contribution in [3.05, 3.63) is 89.7 Å². The maximum Gasteiger partial charge on any atom is 0.323 e. The molecule has 3 N–H and O–H groups in total. The summed E-state index contributed by atoms with van der Waals surface area (Å²) in [6.45, 7) is 5.35. The zero-order chi connectivity index (χ0) is 27.9. The average Bonchev–Trinajstić information content (AvgIpc) is 2.92. The molecule has 0 radical (unpaired) electrons. The topological polar surface area (TPSA) is 94.1 Å². The van der Waals surface area contributed by atoms with E-state index in [1.807, 2.05) is 39.1 Å². The van der Waals surface area contributed by atoms with Crippen molar-refractivity contribution in [2.24, 2.45) is 5.92 Å². The Balaban J connectivity index is 1.62. The molecule has 0 aliphatic carbocycles. The molecule has 0 saturated carbocycles. The number of anilines is 2. The van der Waals surface area contributed by atoms with Crippen LogP contribution in [0, 0.1) is 11.7 Å². The molecule has 3 amide bonds. The Kier molecular flexibility index (Phi) is 9.16. The fraction of sp³-hybridized carbons (Fsp3) is 0.333. The Morgan fingerprint density at radius 3 is 2.51 bits per heavy atom. The van der Waals surface area contributed by atoms with Gasteiger partial charge in [0.15, 0.2) is 5.75 Å². The van der Waals surface area contributed by atoms with Crippen LogP contribution in [0.25, 0.3) is 0 Å². The van der Waals surface area contributed by atoms with Crippen molar-refractivity contribution >= 4 is 23.3 Å². The van der Waals surface area contributed by atoms with Gasteiger partial charge in [0.2, 0.25) is 0 Å². The molecule has 1 aliphatic rings. The molecule has 1 aliphatic heterocycles.